The summed E-state index contributed by atoms with van der Waals surface area (Å²) in [5, 5.41) is 0.557. The van der Waals surface area contributed by atoms with Crippen LogP contribution in [0.25, 0.3) is 0 Å². The molecule has 1 aromatic rings. The Morgan fingerprint density at radius 1 is 1.50 bits per heavy atom. The Kier molecular flexibility index (Phi) is 3.20. The van der Waals surface area contributed by atoms with Crippen molar-refractivity contribution in [2.45, 2.75) is 0 Å². The third-order valence-electron chi connectivity index (χ3n) is 1.36. The maximum atomic E-state index is 10.5. The third-order valence-corrected chi connectivity index (χ3v) is 3.06. The normalized spacial score (nSPS) is 9.92. The highest BCUT2D eigenvalue weighted by Crippen LogP contribution is 2.32. The van der Waals surface area contributed by atoms with Gasteiger partial charge < -0.3 is 5.73 Å². The fraction of sp³-hybridized carbons (Fsp3) is 0. The molecule has 0 unspecified atom stereocenters. The first-order valence-corrected chi connectivity index (χ1v) is 4.79. The third kappa shape index (κ3) is 1.67. The molecule has 0 aliphatic heterocycles. The molecular formula is C7H4Cl2INO. The van der Waals surface area contributed by atoms with E-state index in [0.29, 0.717) is 17.0 Å². The average molecular weight is 316 g/mol. The zero-order valence-corrected chi connectivity index (χ0v) is 9.44. The van der Waals surface area contributed by atoms with E-state index in [0.717, 1.165) is 3.57 Å². The summed E-state index contributed by atoms with van der Waals surface area (Å²) in [5.74, 6) is 0. The topological polar surface area (TPSA) is 43.1 Å². The number of aldehydes is 1. The maximum Gasteiger partial charge on any atom is 0.153 e. The monoisotopic (exact) mass is 315 g/mol. The molecule has 0 radical (unpaired) electrons. The summed E-state index contributed by atoms with van der Waals surface area (Å²) in [4.78, 5) is 10.5. The van der Waals surface area contributed by atoms with Gasteiger partial charge in [0.15, 0.2) is 6.29 Å². The van der Waals surface area contributed by atoms with Gasteiger partial charge in [-0.2, -0.15) is 0 Å². The van der Waals surface area contributed by atoms with Gasteiger partial charge in [-0.25, -0.2) is 0 Å². The van der Waals surface area contributed by atoms with Crippen molar-refractivity contribution in [2.75, 3.05) is 5.73 Å². The maximum absolute atomic E-state index is 10.5. The van der Waals surface area contributed by atoms with Gasteiger partial charge in [0.05, 0.1) is 21.3 Å². The van der Waals surface area contributed by atoms with Gasteiger partial charge >= 0.3 is 0 Å². The number of hydrogen-bond acceptors (Lipinski definition) is 2. The van der Waals surface area contributed by atoms with Crippen molar-refractivity contribution in [3.63, 3.8) is 0 Å². The summed E-state index contributed by atoms with van der Waals surface area (Å²) < 4.78 is 0.726. The highest BCUT2D eigenvalue weighted by molar-refractivity contribution is 14.1. The second kappa shape index (κ2) is 3.81. The van der Waals surface area contributed by atoms with E-state index in [1.165, 1.54) is 0 Å². The first kappa shape index (κ1) is 10.1. The number of nitrogen functional groups attached to an aromatic ring is 1. The van der Waals surface area contributed by atoms with Gasteiger partial charge in [0.1, 0.15) is 0 Å². The van der Waals surface area contributed by atoms with Crippen LogP contribution in [0, 0.1) is 3.57 Å². The van der Waals surface area contributed by atoms with E-state index in [1.54, 1.807) is 6.07 Å². The Bertz CT molecular complexity index is 314. The van der Waals surface area contributed by atoms with E-state index >= 15 is 0 Å². The molecule has 0 saturated carbocycles. The first-order chi connectivity index (χ1) is 5.57. The summed E-state index contributed by atoms with van der Waals surface area (Å²) in [6.45, 7) is 0. The smallest absolute Gasteiger partial charge is 0.153 e. The minimum absolute atomic E-state index is 0.213. The lowest BCUT2D eigenvalue weighted by Gasteiger charge is -2.05. The van der Waals surface area contributed by atoms with E-state index in [4.69, 9.17) is 28.9 Å². The summed E-state index contributed by atoms with van der Waals surface area (Å²) in [6, 6.07) is 1.62. The van der Waals surface area contributed by atoms with Gasteiger partial charge in [0.25, 0.3) is 0 Å². The molecule has 1 aromatic carbocycles. The first-order valence-electron chi connectivity index (χ1n) is 2.96. The number of carbonyl (C=O) groups is 1. The minimum Gasteiger partial charge on any atom is -0.397 e. The van der Waals surface area contributed by atoms with Crippen LogP contribution in [0.1, 0.15) is 10.4 Å². The molecule has 12 heavy (non-hydrogen) atoms. The van der Waals surface area contributed by atoms with E-state index in [9.17, 15) is 4.79 Å². The SMILES string of the molecule is Nc1c(I)cc(Cl)c(Cl)c1C=O. The zero-order chi connectivity index (χ0) is 9.30. The lowest BCUT2D eigenvalue weighted by molar-refractivity contribution is 0.112. The second-order valence-electron chi connectivity index (χ2n) is 2.10. The molecule has 0 aliphatic rings. The van der Waals surface area contributed by atoms with Crippen molar-refractivity contribution >= 4 is 57.8 Å². The molecule has 0 atom stereocenters. The summed E-state index contributed by atoms with van der Waals surface area (Å²) >= 11 is 13.4. The number of rotatable bonds is 1. The van der Waals surface area contributed by atoms with Crippen LogP contribution in [0.4, 0.5) is 5.69 Å². The number of hydrogen-bond donors (Lipinski definition) is 1. The second-order valence-corrected chi connectivity index (χ2v) is 4.05. The Morgan fingerprint density at radius 2 is 2.08 bits per heavy atom. The van der Waals surface area contributed by atoms with Crippen molar-refractivity contribution in [3.8, 4) is 0 Å². The van der Waals surface area contributed by atoms with Crippen molar-refractivity contribution < 1.29 is 4.79 Å². The number of nitrogens with two attached hydrogens (primary N) is 1. The van der Waals surface area contributed by atoms with Crippen LogP contribution >= 0.6 is 45.8 Å². The molecule has 0 aromatic heterocycles. The van der Waals surface area contributed by atoms with Crippen molar-refractivity contribution in [1.82, 2.24) is 0 Å². The average Bonchev–Trinajstić information content (AvgIpc) is 2.02. The zero-order valence-electron chi connectivity index (χ0n) is 5.77. The highest BCUT2D eigenvalue weighted by Gasteiger charge is 2.11. The summed E-state index contributed by atoms with van der Waals surface area (Å²) in [7, 11) is 0. The molecule has 64 valence electrons. The van der Waals surface area contributed by atoms with Gasteiger partial charge in [0, 0.05) is 3.57 Å². The van der Waals surface area contributed by atoms with E-state index < -0.39 is 0 Å². The molecule has 0 amide bonds. The quantitative estimate of drug-likeness (QED) is 0.375. The van der Waals surface area contributed by atoms with Crippen LogP contribution in [-0.4, -0.2) is 6.29 Å². The van der Waals surface area contributed by atoms with Gasteiger partial charge in [-0.15, -0.1) is 0 Å². The largest absolute Gasteiger partial charge is 0.397 e. The van der Waals surface area contributed by atoms with Crippen LogP contribution in [-0.2, 0) is 0 Å². The summed E-state index contributed by atoms with van der Waals surface area (Å²) in [5.41, 5.74) is 6.21. The molecule has 1 rings (SSSR count). The van der Waals surface area contributed by atoms with E-state index in [1.807, 2.05) is 22.6 Å². The summed E-state index contributed by atoms with van der Waals surface area (Å²) in [6.07, 6.45) is 0.603. The van der Waals surface area contributed by atoms with Crippen molar-refractivity contribution in [3.05, 3.63) is 25.2 Å². The van der Waals surface area contributed by atoms with E-state index in [2.05, 4.69) is 0 Å². The molecule has 0 heterocycles. The fourth-order valence-electron chi connectivity index (χ4n) is 0.743. The van der Waals surface area contributed by atoms with Crippen LogP contribution in [0.15, 0.2) is 6.07 Å². The molecular weight excluding hydrogens is 312 g/mol. The lowest BCUT2D eigenvalue weighted by Crippen LogP contribution is -1.97. The van der Waals surface area contributed by atoms with E-state index in [-0.39, 0.29) is 10.6 Å². The molecule has 2 nitrogen and oxygen atoms in total. The Labute approximate surface area is 93.2 Å². The molecule has 5 heteroatoms. The van der Waals surface area contributed by atoms with Crippen LogP contribution in [0.5, 0.6) is 0 Å². The van der Waals surface area contributed by atoms with Gasteiger partial charge in [-0.05, 0) is 28.7 Å². The van der Waals surface area contributed by atoms with Crippen LogP contribution < -0.4 is 5.73 Å². The predicted octanol–water partition coefficient (Wildman–Crippen LogP) is 2.99. The molecule has 0 spiro atoms. The fourth-order valence-corrected chi connectivity index (χ4v) is 1.94. The number of benzene rings is 1. The Hall–Kier alpha value is -0.000000000000000111. The Balaban J connectivity index is 3.52. The van der Waals surface area contributed by atoms with Crippen LogP contribution in [0.3, 0.4) is 0 Å². The predicted molar refractivity (Wildman–Crippen MR) is 59.0 cm³/mol. The lowest BCUT2D eigenvalue weighted by atomic mass is 10.2. The standard InChI is InChI=1S/C7H4Cl2INO/c8-4-1-5(10)7(11)3(2-12)6(4)9/h1-2H,11H2. The highest BCUT2D eigenvalue weighted by atomic mass is 127. The van der Waals surface area contributed by atoms with Crippen LogP contribution in [0.2, 0.25) is 10.0 Å². The number of halogens is 3. The molecule has 0 fully saturated rings. The van der Waals surface area contributed by atoms with Gasteiger partial charge in [-0.3, -0.25) is 4.79 Å². The van der Waals surface area contributed by atoms with Gasteiger partial charge in [0.2, 0.25) is 0 Å². The Morgan fingerprint density at radius 3 is 2.58 bits per heavy atom. The number of carbonyl (C=O) groups excluding carboxylic acids is 1. The molecule has 0 saturated heterocycles. The number of anilines is 1. The minimum atomic E-state index is 0.213. The molecule has 0 aliphatic carbocycles. The molecule has 2 N–H and O–H groups in total. The van der Waals surface area contributed by atoms with Crippen molar-refractivity contribution in [2.24, 2.45) is 0 Å². The van der Waals surface area contributed by atoms with Gasteiger partial charge in [-0.1, -0.05) is 23.2 Å². The van der Waals surface area contributed by atoms with Crippen molar-refractivity contribution in [1.29, 1.82) is 0 Å². The molecule has 0 bridgehead atoms.